The molecule has 6 nitrogen and oxygen atoms in total. The van der Waals surface area contributed by atoms with Crippen LogP contribution in [-0.4, -0.2) is 19.0 Å². The van der Waals surface area contributed by atoms with Crippen molar-refractivity contribution < 1.29 is 14.3 Å². The summed E-state index contributed by atoms with van der Waals surface area (Å²) in [6, 6.07) is 14.7. The van der Waals surface area contributed by atoms with Gasteiger partial charge in [0.05, 0.1) is 7.11 Å². The zero-order chi connectivity index (χ0) is 18.9. The number of para-hydroxylation sites is 1. The minimum absolute atomic E-state index is 0.0217. The molecule has 26 heavy (non-hydrogen) atoms. The molecule has 6 heteroatoms. The van der Waals surface area contributed by atoms with Crippen LogP contribution >= 0.6 is 0 Å². The topological polar surface area (TPSA) is 79.5 Å². The summed E-state index contributed by atoms with van der Waals surface area (Å²) in [6.45, 7) is 4.47. The predicted octanol–water partition coefficient (Wildman–Crippen LogP) is 3.29. The largest absolute Gasteiger partial charge is 0.496 e. The summed E-state index contributed by atoms with van der Waals surface area (Å²) in [6.07, 6.45) is 0. The maximum Gasteiger partial charge on any atom is 0.315 e. The Morgan fingerprint density at radius 2 is 1.62 bits per heavy atom. The minimum atomic E-state index is -0.256. The van der Waals surface area contributed by atoms with Gasteiger partial charge in [-0.05, 0) is 23.8 Å². The van der Waals surface area contributed by atoms with Crippen molar-refractivity contribution in [1.29, 1.82) is 0 Å². The van der Waals surface area contributed by atoms with Gasteiger partial charge < -0.3 is 20.7 Å². The number of benzene rings is 2. The number of nitrogens with one attached hydrogen (secondary N) is 3. The minimum Gasteiger partial charge on any atom is -0.496 e. The highest BCUT2D eigenvalue weighted by Gasteiger charge is 2.07. The van der Waals surface area contributed by atoms with Gasteiger partial charge in [0.15, 0.2) is 0 Å². The lowest BCUT2D eigenvalue weighted by Crippen LogP contribution is -2.34. The number of urea groups is 1. The number of rotatable bonds is 7. The average molecular weight is 355 g/mol. The van der Waals surface area contributed by atoms with Gasteiger partial charge >= 0.3 is 6.03 Å². The van der Waals surface area contributed by atoms with Crippen molar-refractivity contribution >= 4 is 17.6 Å². The van der Waals surface area contributed by atoms with Crippen LogP contribution in [0.25, 0.3) is 0 Å². The number of methoxy groups -OCH3 is 1. The molecule has 3 amide bonds. The Balaban J connectivity index is 1.79. The van der Waals surface area contributed by atoms with Crippen molar-refractivity contribution in [2.24, 2.45) is 5.92 Å². The molecule has 0 spiro atoms. The van der Waals surface area contributed by atoms with Crippen molar-refractivity contribution in [3.05, 3.63) is 59.7 Å². The Morgan fingerprint density at radius 3 is 2.27 bits per heavy atom. The molecule has 2 aromatic rings. The lowest BCUT2D eigenvalue weighted by Gasteiger charge is -2.11. The summed E-state index contributed by atoms with van der Waals surface area (Å²) in [5, 5.41) is 8.45. The summed E-state index contributed by atoms with van der Waals surface area (Å²) in [7, 11) is 1.60. The lowest BCUT2D eigenvalue weighted by molar-refractivity contribution is -0.118. The van der Waals surface area contributed by atoms with E-state index in [9.17, 15) is 9.59 Å². The number of carbonyl (C=O) groups excluding carboxylic acids is 2. The van der Waals surface area contributed by atoms with Gasteiger partial charge in [-0.1, -0.05) is 44.2 Å². The molecule has 2 rings (SSSR count). The highest BCUT2D eigenvalue weighted by atomic mass is 16.5. The molecule has 0 unspecified atom stereocenters. The van der Waals surface area contributed by atoms with Crippen molar-refractivity contribution in [3.63, 3.8) is 0 Å². The number of hydrogen-bond acceptors (Lipinski definition) is 3. The maximum atomic E-state index is 12.0. The SMILES string of the molecule is COc1ccccc1CNC(=O)NCc1ccc(NC(=O)C(C)C)cc1. The van der Waals surface area contributed by atoms with Gasteiger partial charge in [-0.25, -0.2) is 4.79 Å². The van der Waals surface area contributed by atoms with E-state index in [1.165, 1.54) is 0 Å². The predicted molar refractivity (Wildman–Crippen MR) is 102 cm³/mol. The van der Waals surface area contributed by atoms with Crippen LogP contribution in [0.3, 0.4) is 0 Å². The molecule has 0 aliphatic carbocycles. The Morgan fingerprint density at radius 1 is 0.962 bits per heavy atom. The monoisotopic (exact) mass is 355 g/mol. The first kappa shape index (κ1) is 19.3. The molecule has 3 N–H and O–H groups in total. The standard InChI is InChI=1S/C20H25N3O3/c1-14(2)19(24)23-17-10-8-15(9-11-17)12-21-20(25)22-13-16-6-4-5-7-18(16)26-3/h4-11,14H,12-13H2,1-3H3,(H,23,24)(H2,21,22,25). The molecule has 0 radical (unpaired) electrons. The summed E-state index contributed by atoms with van der Waals surface area (Å²) in [5.41, 5.74) is 2.60. The molecule has 0 saturated heterocycles. The number of anilines is 1. The van der Waals surface area contributed by atoms with Crippen LogP contribution < -0.4 is 20.7 Å². The van der Waals surface area contributed by atoms with E-state index in [0.29, 0.717) is 13.1 Å². The number of amides is 3. The zero-order valence-corrected chi connectivity index (χ0v) is 15.3. The molecule has 0 aliphatic heterocycles. The molecule has 0 atom stereocenters. The van der Waals surface area contributed by atoms with Crippen LogP contribution in [-0.2, 0) is 17.9 Å². The fourth-order valence-corrected chi connectivity index (χ4v) is 2.26. The summed E-state index contributed by atoms with van der Waals surface area (Å²) in [5.74, 6) is 0.654. The number of ether oxygens (including phenoxy) is 1. The van der Waals surface area contributed by atoms with E-state index < -0.39 is 0 Å². The van der Waals surface area contributed by atoms with Crippen molar-refractivity contribution in [2.75, 3.05) is 12.4 Å². The average Bonchev–Trinajstić information content (AvgIpc) is 2.65. The highest BCUT2D eigenvalue weighted by Crippen LogP contribution is 2.16. The van der Waals surface area contributed by atoms with E-state index in [1.54, 1.807) is 7.11 Å². The smallest absolute Gasteiger partial charge is 0.315 e. The molecule has 0 bridgehead atoms. The zero-order valence-electron chi connectivity index (χ0n) is 15.3. The van der Waals surface area contributed by atoms with Gasteiger partial charge in [-0.15, -0.1) is 0 Å². The number of hydrogen-bond donors (Lipinski definition) is 3. The Kier molecular flexibility index (Phi) is 7.02. The van der Waals surface area contributed by atoms with Crippen LogP contribution in [0, 0.1) is 5.92 Å². The van der Waals surface area contributed by atoms with Crippen molar-refractivity contribution in [2.45, 2.75) is 26.9 Å². The second-order valence-electron chi connectivity index (χ2n) is 6.19. The molecule has 0 aromatic heterocycles. The van der Waals surface area contributed by atoms with Crippen LogP contribution in [0.15, 0.2) is 48.5 Å². The Bertz CT molecular complexity index is 742. The van der Waals surface area contributed by atoms with E-state index in [0.717, 1.165) is 22.6 Å². The van der Waals surface area contributed by atoms with Crippen LogP contribution in [0.4, 0.5) is 10.5 Å². The van der Waals surface area contributed by atoms with Crippen molar-refractivity contribution in [3.8, 4) is 5.75 Å². The van der Waals surface area contributed by atoms with E-state index in [4.69, 9.17) is 4.74 Å². The first-order chi connectivity index (χ1) is 12.5. The quantitative estimate of drug-likeness (QED) is 0.713. The second kappa shape index (κ2) is 9.46. The molecular weight excluding hydrogens is 330 g/mol. The molecule has 0 saturated carbocycles. The Hall–Kier alpha value is -3.02. The fourth-order valence-electron chi connectivity index (χ4n) is 2.26. The molecule has 0 aliphatic rings. The molecule has 2 aromatic carbocycles. The fraction of sp³-hybridized carbons (Fsp3) is 0.300. The normalized spacial score (nSPS) is 10.3. The van der Waals surface area contributed by atoms with Gasteiger partial charge in [0.1, 0.15) is 5.75 Å². The second-order valence-corrected chi connectivity index (χ2v) is 6.19. The highest BCUT2D eigenvalue weighted by molar-refractivity contribution is 5.92. The van der Waals surface area contributed by atoms with E-state index in [-0.39, 0.29) is 17.9 Å². The summed E-state index contributed by atoms with van der Waals surface area (Å²) in [4.78, 5) is 23.6. The molecule has 0 heterocycles. The van der Waals surface area contributed by atoms with E-state index >= 15 is 0 Å². The number of carbonyl (C=O) groups is 2. The van der Waals surface area contributed by atoms with Crippen LogP contribution in [0.2, 0.25) is 0 Å². The first-order valence-electron chi connectivity index (χ1n) is 8.53. The molecular formula is C20H25N3O3. The van der Waals surface area contributed by atoms with Crippen molar-refractivity contribution in [1.82, 2.24) is 10.6 Å². The van der Waals surface area contributed by atoms with Crippen LogP contribution in [0.5, 0.6) is 5.75 Å². The van der Waals surface area contributed by atoms with Gasteiger partial charge in [0, 0.05) is 30.3 Å². The lowest BCUT2D eigenvalue weighted by atomic mass is 10.1. The van der Waals surface area contributed by atoms with Gasteiger partial charge in [0.2, 0.25) is 5.91 Å². The maximum absolute atomic E-state index is 12.0. The van der Waals surface area contributed by atoms with Gasteiger partial charge in [0.25, 0.3) is 0 Å². The van der Waals surface area contributed by atoms with Gasteiger partial charge in [-0.2, -0.15) is 0 Å². The van der Waals surface area contributed by atoms with E-state index in [1.807, 2.05) is 62.4 Å². The van der Waals surface area contributed by atoms with E-state index in [2.05, 4.69) is 16.0 Å². The first-order valence-corrected chi connectivity index (χ1v) is 8.53. The van der Waals surface area contributed by atoms with Crippen LogP contribution in [0.1, 0.15) is 25.0 Å². The summed E-state index contributed by atoms with van der Waals surface area (Å²) >= 11 is 0. The third kappa shape index (κ3) is 5.81. The third-order valence-electron chi connectivity index (χ3n) is 3.83. The van der Waals surface area contributed by atoms with Gasteiger partial charge in [-0.3, -0.25) is 4.79 Å². The summed E-state index contributed by atoms with van der Waals surface area (Å²) < 4.78 is 5.26. The Labute approximate surface area is 153 Å². The third-order valence-corrected chi connectivity index (χ3v) is 3.83. The molecule has 138 valence electrons. The molecule has 0 fully saturated rings.